The second-order valence-corrected chi connectivity index (χ2v) is 4.87. The van der Waals surface area contributed by atoms with E-state index < -0.39 is 11.7 Å². The zero-order chi connectivity index (χ0) is 15.2. The molecule has 2 amide bonds. The number of carbonyl (C=O) groups excluding carboxylic acids is 2. The van der Waals surface area contributed by atoms with E-state index in [0.29, 0.717) is 12.2 Å². The van der Waals surface area contributed by atoms with Crippen molar-refractivity contribution in [1.29, 1.82) is 0 Å². The summed E-state index contributed by atoms with van der Waals surface area (Å²) in [6.45, 7) is 3.43. The molecule has 6 heteroatoms. The molecule has 5 nitrogen and oxygen atoms in total. The van der Waals surface area contributed by atoms with Crippen LogP contribution in [0.2, 0.25) is 0 Å². The number of hydrogen-bond acceptors (Lipinski definition) is 3. The van der Waals surface area contributed by atoms with Crippen molar-refractivity contribution in [2.24, 2.45) is 0 Å². The zero-order valence-corrected chi connectivity index (χ0v) is 11.8. The lowest BCUT2D eigenvalue weighted by molar-refractivity contribution is -0.114. The third kappa shape index (κ3) is 4.39. The van der Waals surface area contributed by atoms with E-state index in [-0.39, 0.29) is 11.5 Å². The van der Waals surface area contributed by atoms with E-state index in [1.807, 2.05) is 6.08 Å². The molecule has 1 aliphatic heterocycles. The summed E-state index contributed by atoms with van der Waals surface area (Å²) in [4.78, 5) is 23.0. The van der Waals surface area contributed by atoms with E-state index >= 15 is 0 Å². The van der Waals surface area contributed by atoms with Gasteiger partial charge in [-0.1, -0.05) is 11.6 Å². The van der Waals surface area contributed by atoms with Crippen LogP contribution in [0.4, 0.5) is 10.1 Å². The summed E-state index contributed by atoms with van der Waals surface area (Å²) in [5, 5.41) is 8.41. The van der Waals surface area contributed by atoms with Crippen molar-refractivity contribution in [2.75, 3.05) is 25.0 Å². The van der Waals surface area contributed by atoms with Gasteiger partial charge in [-0.3, -0.25) is 9.59 Å². The number of anilines is 1. The average molecular weight is 291 g/mol. The van der Waals surface area contributed by atoms with Gasteiger partial charge in [0, 0.05) is 25.7 Å². The van der Waals surface area contributed by atoms with E-state index in [1.165, 1.54) is 25.1 Å². The molecule has 1 heterocycles. The lowest BCUT2D eigenvalue weighted by Crippen LogP contribution is -2.30. The van der Waals surface area contributed by atoms with Crippen LogP contribution >= 0.6 is 0 Å². The Labute approximate surface area is 122 Å². The molecule has 3 N–H and O–H groups in total. The van der Waals surface area contributed by atoms with Gasteiger partial charge in [0.05, 0.1) is 5.56 Å². The molecule has 0 spiro atoms. The zero-order valence-electron chi connectivity index (χ0n) is 11.8. The predicted molar refractivity (Wildman–Crippen MR) is 78.6 cm³/mol. The number of carbonyl (C=O) groups is 2. The van der Waals surface area contributed by atoms with Crippen molar-refractivity contribution >= 4 is 17.5 Å². The maximum atomic E-state index is 13.7. The summed E-state index contributed by atoms with van der Waals surface area (Å²) < 4.78 is 13.7. The maximum Gasteiger partial charge on any atom is 0.254 e. The van der Waals surface area contributed by atoms with Crippen LogP contribution in [0.5, 0.6) is 0 Å². The minimum atomic E-state index is -0.610. The van der Waals surface area contributed by atoms with Gasteiger partial charge >= 0.3 is 0 Å². The number of hydrogen-bond donors (Lipinski definition) is 3. The van der Waals surface area contributed by atoms with Crippen molar-refractivity contribution < 1.29 is 14.0 Å². The Morgan fingerprint density at radius 3 is 2.86 bits per heavy atom. The van der Waals surface area contributed by atoms with E-state index in [1.54, 1.807) is 0 Å². The Balaban J connectivity index is 2.03. The number of rotatable bonds is 4. The average Bonchev–Trinajstić information content (AvgIpc) is 2.47. The van der Waals surface area contributed by atoms with Crippen LogP contribution in [0, 0.1) is 5.82 Å². The van der Waals surface area contributed by atoms with Gasteiger partial charge in [-0.25, -0.2) is 4.39 Å². The molecule has 1 aromatic rings. The fourth-order valence-electron chi connectivity index (χ4n) is 2.10. The molecule has 0 radical (unpaired) electrons. The van der Waals surface area contributed by atoms with Gasteiger partial charge in [-0.05, 0) is 31.2 Å². The fraction of sp³-hybridized carbons (Fsp3) is 0.333. The van der Waals surface area contributed by atoms with Gasteiger partial charge in [-0.15, -0.1) is 0 Å². The molecule has 0 atom stereocenters. The Morgan fingerprint density at radius 1 is 1.38 bits per heavy atom. The van der Waals surface area contributed by atoms with Crippen molar-refractivity contribution in [1.82, 2.24) is 10.6 Å². The first kappa shape index (κ1) is 15.2. The molecular formula is C15H18FN3O2. The molecule has 0 unspecified atom stereocenters. The summed E-state index contributed by atoms with van der Waals surface area (Å²) in [6.07, 6.45) is 2.89. The van der Waals surface area contributed by atoms with Gasteiger partial charge in [0.2, 0.25) is 5.91 Å². The second kappa shape index (κ2) is 6.99. The molecule has 21 heavy (non-hydrogen) atoms. The van der Waals surface area contributed by atoms with E-state index in [0.717, 1.165) is 25.1 Å². The van der Waals surface area contributed by atoms with Crippen LogP contribution in [-0.4, -0.2) is 31.4 Å². The minimum Gasteiger partial charge on any atom is -0.348 e. The second-order valence-electron chi connectivity index (χ2n) is 4.87. The van der Waals surface area contributed by atoms with E-state index in [9.17, 15) is 14.0 Å². The highest BCUT2D eigenvalue weighted by Crippen LogP contribution is 2.15. The van der Waals surface area contributed by atoms with Gasteiger partial charge in [-0.2, -0.15) is 0 Å². The summed E-state index contributed by atoms with van der Waals surface area (Å²) in [5.74, 6) is -1.37. The number of amides is 2. The quantitative estimate of drug-likeness (QED) is 0.735. The maximum absolute atomic E-state index is 13.7. The molecule has 0 fully saturated rings. The Kier molecular flexibility index (Phi) is 5.05. The molecule has 0 saturated heterocycles. The SMILES string of the molecule is CC(=O)Nc1ccc(F)c(C(=O)NCC2=CCNCC2)c1. The Bertz CT molecular complexity index is 584. The predicted octanol–water partition coefficient (Wildman–Crippen LogP) is 1.43. The summed E-state index contributed by atoms with van der Waals surface area (Å²) in [6, 6.07) is 3.93. The van der Waals surface area contributed by atoms with Crippen molar-refractivity contribution in [2.45, 2.75) is 13.3 Å². The third-order valence-corrected chi connectivity index (χ3v) is 3.17. The van der Waals surface area contributed by atoms with E-state index in [2.05, 4.69) is 16.0 Å². The van der Waals surface area contributed by atoms with Crippen molar-refractivity contribution in [3.8, 4) is 0 Å². The molecule has 112 valence electrons. The fourth-order valence-corrected chi connectivity index (χ4v) is 2.10. The standard InChI is InChI=1S/C15H18FN3O2/c1-10(20)19-12-2-3-14(16)13(8-12)15(21)18-9-11-4-6-17-7-5-11/h2-4,8,17H,5-7,9H2,1H3,(H,18,21)(H,19,20). The molecule has 2 rings (SSSR count). The molecule has 1 aromatic carbocycles. The monoisotopic (exact) mass is 291 g/mol. The third-order valence-electron chi connectivity index (χ3n) is 3.17. The first-order valence-corrected chi connectivity index (χ1v) is 6.80. The van der Waals surface area contributed by atoms with Crippen molar-refractivity contribution in [3.63, 3.8) is 0 Å². The highest BCUT2D eigenvalue weighted by Gasteiger charge is 2.13. The molecular weight excluding hydrogens is 273 g/mol. The molecule has 0 aliphatic carbocycles. The normalized spacial score (nSPS) is 14.3. The highest BCUT2D eigenvalue weighted by atomic mass is 19.1. The minimum absolute atomic E-state index is 0.0733. The molecule has 0 saturated carbocycles. The topological polar surface area (TPSA) is 70.2 Å². The van der Waals surface area contributed by atoms with Gasteiger partial charge in [0.15, 0.2) is 0 Å². The van der Waals surface area contributed by atoms with Gasteiger partial charge in [0.25, 0.3) is 5.91 Å². The number of halogens is 1. The summed E-state index contributed by atoms with van der Waals surface area (Å²) in [5.41, 5.74) is 1.45. The van der Waals surface area contributed by atoms with Gasteiger partial charge in [0.1, 0.15) is 5.82 Å². The summed E-state index contributed by atoms with van der Waals surface area (Å²) in [7, 11) is 0. The van der Waals surface area contributed by atoms with Crippen LogP contribution in [-0.2, 0) is 4.79 Å². The van der Waals surface area contributed by atoms with Crippen LogP contribution in [0.15, 0.2) is 29.8 Å². The molecule has 0 bridgehead atoms. The van der Waals surface area contributed by atoms with Crippen LogP contribution in [0.1, 0.15) is 23.7 Å². The van der Waals surface area contributed by atoms with Crippen LogP contribution < -0.4 is 16.0 Å². The Morgan fingerprint density at radius 2 is 2.19 bits per heavy atom. The van der Waals surface area contributed by atoms with Crippen molar-refractivity contribution in [3.05, 3.63) is 41.2 Å². The first-order valence-electron chi connectivity index (χ1n) is 6.80. The van der Waals surface area contributed by atoms with E-state index in [4.69, 9.17) is 0 Å². The molecule has 1 aliphatic rings. The Hall–Kier alpha value is -2.21. The van der Waals surface area contributed by atoms with Gasteiger partial charge < -0.3 is 16.0 Å². The number of benzene rings is 1. The molecule has 0 aromatic heterocycles. The highest BCUT2D eigenvalue weighted by molar-refractivity contribution is 5.97. The number of nitrogens with one attached hydrogen (secondary N) is 3. The lowest BCUT2D eigenvalue weighted by Gasteiger charge is -2.15. The van der Waals surface area contributed by atoms with Crippen LogP contribution in [0.3, 0.4) is 0 Å². The first-order chi connectivity index (χ1) is 10.1. The lowest BCUT2D eigenvalue weighted by atomic mass is 10.1. The smallest absolute Gasteiger partial charge is 0.254 e. The van der Waals surface area contributed by atoms with Crippen LogP contribution in [0.25, 0.3) is 0 Å². The summed E-state index contributed by atoms with van der Waals surface area (Å²) >= 11 is 0. The largest absolute Gasteiger partial charge is 0.348 e.